The van der Waals surface area contributed by atoms with Crippen molar-refractivity contribution < 1.29 is 9.59 Å². The van der Waals surface area contributed by atoms with Crippen molar-refractivity contribution in [2.24, 2.45) is 5.92 Å². The van der Waals surface area contributed by atoms with E-state index >= 15 is 0 Å². The van der Waals surface area contributed by atoms with Gasteiger partial charge in [0.15, 0.2) is 0 Å². The second kappa shape index (κ2) is 6.82. The summed E-state index contributed by atoms with van der Waals surface area (Å²) in [6.07, 6.45) is 6.02. The standard InChI is InChI=1S/C17H24N2O2S/c1-2-8-18-16(20)12-6-9-19(10-7-12)17(21)15-11-13-4-3-5-14(13)22-15/h11-12H,2-10H2,1H3,(H,18,20). The zero-order valence-electron chi connectivity index (χ0n) is 13.2. The molecule has 0 aromatic carbocycles. The molecule has 1 fully saturated rings. The zero-order valence-corrected chi connectivity index (χ0v) is 14.0. The van der Waals surface area contributed by atoms with Crippen LogP contribution in [0.4, 0.5) is 0 Å². The third kappa shape index (κ3) is 3.19. The number of carbonyl (C=O) groups excluding carboxylic acids is 2. The number of hydrogen-bond acceptors (Lipinski definition) is 3. The molecule has 120 valence electrons. The molecule has 1 aromatic rings. The average Bonchev–Trinajstić information content (AvgIpc) is 3.13. The Bertz CT molecular complexity index is 538. The first kappa shape index (κ1) is 15.5. The molecule has 4 nitrogen and oxygen atoms in total. The molecule has 1 saturated heterocycles. The van der Waals surface area contributed by atoms with Crippen molar-refractivity contribution in [3.05, 3.63) is 21.4 Å². The van der Waals surface area contributed by atoms with E-state index in [1.54, 1.807) is 11.3 Å². The highest BCUT2D eigenvalue weighted by Gasteiger charge is 2.29. The molecule has 0 unspecified atom stereocenters. The topological polar surface area (TPSA) is 49.4 Å². The van der Waals surface area contributed by atoms with Gasteiger partial charge in [-0.1, -0.05) is 6.92 Å². The molecular formula is C17H24N2O2S. The van der Waals surface area contributed by atoms with Gasteiger partial charge >= 0.3 is 0 Å². The fourth-order valence-electron chi connectivity index (χ4n) is 3.33. The minimum absolute atomic E-state index is 0.0731. The minimum Gasteiger partial charge on any atom is -0.356 e. The van der Waals surface area contributed by atoms with Gasteiger partial charge in [-0.25, -0.2) is 0 Å². The Kier molecular flexibility index (Phi) is 4.81. The number of fused-ring (bicyclic) bond motifs is 1. The smallest absolute Gasteiger partial charge is 0.263 e. The van der Waals surface area contributed by atoms with Crippen molar-refractivity contribution in [2.75, 3.05) is 19.6 Å². The van der Waals surface area contributed by atoms with Gasteiger partial charge in [-0.2, -0.15) is 0 Å². The van der Waals surface area contributed by atoms with Crippen LogP contribution in [-0.2, 0) is 17.6 Å². The van der Waals surface area contributed by atoms with E-state index in [9.17, 15) is 9.59 Å². The molecule has 2 aliphatic rings. The van der Waals surface area contributed by atoms with E-state index in [1.807, 2.05) is 4.90 Å². The van der Waals surface area contributed by atoms with Gasteiger partial charge in [-0.15, -0.1) is 11.3 Å². The van der Waals surface area contributed by atoms with Crippen molar-refractivity contribution in [1.29, 1.82) is 0 Å². The third-order valence-corrected chi connectivity index (χ3v) is 5.88. The first-order valence-electron chi connectivity index (χ1n) is 8.37. The Morgan fingerprint density at radius 2 is 2.09 bits per heavy atom. The van der Waals surface area contributed by atoms with E-state index in [-0.39, 0.29) is 17.7 Å². The van der Waals surface area contributed by atoms with Gasteiger partial charge < -0.3 is 10.2 Å². The maximum Gasteiger partial charge on any atom is 0.263 e. The summed E-state index contributed by atoms with van der Waals surface area (Å²) in [5.41, 5.74) is 1.38. The summed E-state index contributed by atoms with van der Waals surface area (Å²) in [5.74, 6) is 0.389. The summed E-state index contributed by atoms with van der Waals surface area (Å²) in [6, 6.07) is 2.09. The third-order valence-electron chi connectivity index (χ3n) is 4.66. The molecule has 1 aromatic heterocycles. The van der Waals surface area contributed by atoms with Gasteiger partial charge in [0.1, 0.15) is 0 Å². The lowest BCUT2D eigenvalue weighted by Gasteiger charge is -2.31. The number of amides is 2. The SMILES string of the molecule is CCCNC(=O)C1CCN(C(=O)c2cc3c(s2)CCC3)CC1. The number of likely N-dealkylation sites (tertiary alicyclic amines) is 1. The van der Waals surface area contributed by atoms with Crippen LogP contribution < -0.4 is 5.32 Å². The van der Waals surface area contributed by atoms with Crippen LogP contribution in [0.1, 0.15) is 52.7 Å². The summed E-state index contributed by atoms with van der Waals surface area (Å²) < 4.78 is 0. The van der Waals surface area contributed by atoms with Crippen molar-refractivity contribution in [3.8, 4) is 0 Å². The fourth-order valence-corrected chi connectivity index (χ4v) is 4.55. The molecule has 1 aliphatic carbocycles. The highest BCUT2D eigenvalue weighted by Crippen LogP contribution is 2.32. The molecule has 5 heteroatoms. The van der Waals surface area contributed by atoms with Crippen molar-refractivity contribution >= 4 is 23.2 Å². The average molecular weight is 320 g/mol. The Hall–Kier alpha value is -1.36. The molecule has 3 rings (SSSR count). The monoisotopic (exact) mass is 320 g/mol. The molecule has 0 bridgehead atoms. The number of nitrogens with zero attached hydrogens (tertiary/aromatic N) is 1. The molecule has 2 heterocycles. The van der Waals surface area contributed by atoms with Crippen LogP contribution >= 0.6 is 11.3 Å². The maximum atomic E-state index is 12.6. The van der Waals surface area contributed by atoms with E-state index < -0.39 is 0 Å². The van der Waals surface area contributed by atoms with Crippen LogP contribution in [0.3, 0.4) is 0 Å². The molecule has 22 heavy (non-hydrogen) atoms. The van der Waals surface area contributed by atoms with E-state index in [0.717, 1.165) is 43.5 Å². The van der Waals surface area contributed by atoms with Crippen LogP contribution in [-0.4, -0.2) is 36.3 Å². The first-order chi connectivity index (χ1) is 10.7. The zero-order chi connectivity index (χ0) is 15.5. The number of carbonyl (C=O) groups is 2. The lowest BCUT2D eigenvalue weighted by molar-refractivity contribution is -0.126. The van der Waals surface area contributed by atoms with Gasteiger partial charge in [0.05, 0.1) is 4.88 Å². The van der Waals surface area contributed by atoms with Crippen LogP contribution in [0, 0.1) is 5.92 Å². The van der Waals surface area contributed by atoms with E-state index in [0.29, 0.717) is 13.1 Å². The first-order valence-corrected chi connectivity index (χ1v) is 9.19. The van der Waals surface area contributed by atoms with Crippen LogP contribution in [0.15, 0.2) is 6.07 Å². The summed E-state index contributed by atoms with van der Waals surface area (Å²) in [7, 11) is 0. The van der Waals surface area contributed by atoms with Gasteiger partial charge in [-0.05, 0) is 50.2 Å². The number of thiophene rings is 1. The number of nitrogens with one attached hydrogen (secondary N) is 1. The molecule has 0 atom stereocenters. The quantitative estimate of drug-likeness (QED) is 0.927. The Labute approximate surface area is 135 Å². The second-order valence-corrected chi connectivity index (χ2v) is 7.41. The van der Waals surface area contributed by atoms with Crippen LogP contribution in [0.2, 0.25) is 0 Å². The summed E-state index contributed by atoms with van der Waals surface area (Å²) in [6.45, 7) is 4.20. The fraction of sp³-hybridized carbons (Fsp3) is 0.647. The van der Waals surface area contributed by atoms with Gasteiger partial charge in [-0.3, -0.25) is 9.59 Å². The normalized spacial score (nSPS) is 18.3. The lowest BCUT2D eigenvalue weighted by atomic mass is 9.95. The molecule has 0 radical (unpaired) electrons. The number of hydrogen-bond donors (Lipinski definition) is 1. The second-order valence-electron chi connectivity index (χ2n) is 6.27. The van der Waals surface area contributed by atoms with Gasteiger partial charge in [0.25, 0.3) is 5.91 Å². The molecule has 0 saturated carbocycles. The predicted molar refractivity (Wildman–Crippen MR) is 88.3 cm³/mol. The van der Waals surface area contributed by atoms with Crippen LogP contribution in [0.5, 0.6) is 0 Å². The van der Waals surface area contributed by atoms with E-state index in [2.05, 4.69) is 18.3 Å². The number of aryl methyl sites for hydroxylation is 2. The molecular weight excluding hydrogens is 296 g/mol. The summed E-state index contributed by atoms with van der Waals surface area (Å²) in [4.78, 5) is 28.8. The van der Waals surface area contributed by atoms with Gasteiger partial charge in [0.2, 0.25) is 5.91 Å². The van der Waals surface area contributed by atoms with E-state index in [1.165, 1.54) is 16.9 Å². The largest absolute Gasteiger partial charge is 0.356 e. The molecule has 2 amide bonds. The predicted octanol–water partition coefficient (Wildman–Crippen LogP) is 2.62. The highest BCUT2D eigenvalue weighted by molar-refractivity contribution is 7.14. The molecule has 1 N–H and O–H groups in total. The number of piperidine rings is 1. The Morgan fingerprint density at radius 3 is 2.77 bits per heavy atom. The van der Waals surface area contributed by atoms with Crippen molar-refractivity contribution in [1.82, 2.24) is 10.2 Å². The summed E-state index contributed by atoms with van der Waals surface area (Å²) in [5, 5.41) is 2.96. The van der Waals surface area contributed by atoms with E-state index in [4.69, 9.17) is 0 Å². The molecule has 1 aliphatic heterocycles. The lowest BCUT2D eigenvalue weighted by Crippen LogP contribution is -2.43. The van der Waals surface area contributed by atoms with Crippen molar-refractivity contribution in [3.63, 3.8) is 0 Å². The maximum absolute atomic E-state index is 12.6. The van der Waals surface area contributed by atoms with Crippen molar-refractivity contribution in [2.45, 2.75) is 45.4 Å². The summed E-state index contributed by atoms with van der Waals surface area (Å²) >= 11 is 1.67. The Balaban J connectivity index is 1.54. The van der Waals surface area contributed by atoms with Gasteiger partial charge in [0, 0.05) is 30.4 Å². The minimum atomic E-state index is 0.0731. The number of rotatable bonds is 4. The Morgan fingerprint density at radius 1 is 1.32 bits per heavy atom. The van der Waals surface area contributed by atoms with Crippen LogP contribution in [0.25, 0.3) is 0 Å². The highest BCUT2D eigenvalue weighted by atomic mass is 32.1. The molecule has 0 spiro atoms.